The number of pyridine rings is 1. The highest BCUT2D eigenvalue weighted by molar-refractivity contribution is 6.31. The van der Waals surface area contributed by atoms with E-state index < -0.39 is 11.9 Å². The van der Waals surface area contributed by atoms with Gasteiger partial charge in [0.1, 0.15) is 5.75 Å². The molecule has 1 aromatic carbocycles. The summed E-state index contributed by atoms with van der Waals surface area (Å²) in [6.07, 6.45) is 3.34. The smallest absolute Gasteiger partial charge is 0.311 e. The minimum atomic E-state index is -0.916. The molecule has 0 saturated carbocycles. The van der Waals surface area contributed by atoms with Gasteiger partial charge in [-0.05, 0) is 35.7 Å². The number of carboxylic acid groups (broad SMARTS) is 1. The first kappa shape index (κ1) is 14.3. The molecule has 1 aromatic heterocycles. The van der Waals surface area contributed by atoms with Crippen molar-refractivity contribution in [2.45, 2.75) is 12.3 Å². The molecule has 1 unspecified atom stereocenters. The van der Waals surface area contributed by atoms with Crippen LogP contribution >= 0.6 is 11.6 Å². The molecule has 0 aliphatic carbocycles. The van der Waals surface area contributed by atoms with Gasteiger partial charge < -0.3 is 9.84 Å². The highest BCUT2D eigenvalue weighted by Crippen LogP contribution is 2.28. The number of methoxy groups -OCH3 is 1. The topological polar surface area (TPSA) is 59.4 Å². The molecule has 0 fully saturated rings. The molecule has 1 atom stereocenters. The van der Waals surface area contributed by atoms with Crippen molar-refractivity contribution < 1.29 is 14.6 Å². The molecule has 104 valence electrons. The van der Waals surface area contributed by atoms with E-state index in [1.54, 1.807) is 19.4 Å². The number of rotatable bonds is 5. The van der Waals surface area contributed by atoms with Gasteiger partial charge in [-0.3, -0.25) is 9.78 Å². The maximum Gasteiger partial charge on any atom is 0.311 e. The number of aromatic nitrogens is 1. The van der Waals surface area contributed by atoms with Gasteiger partial charge in [0.25, 0.3) is 0 Å². The van der Waals surface area contributed by atoms with E-state index in [2.05, 4.69) is 4.98 Å². The van der Waals surface area contributed by atoms with Crippen LogP contribution in [-0.4, -0.2) is 23.2 Å². The highest BCUT2D eigenvalue weighted by atomic mass is 35.5. The fourth-order valence-corrected chi connectivity index (χ4v) is 2.29. The molecule has 2 rings (SSSR count). The van der Waals surface area contributed by atoms with Gasteiger partial charge in [-0.25, -0.2) is 0 Å². The maximum absolute atomic E-state index is 11.5. The lowest BCUT2D eigenvalue weighted by molar-refractivity contribution is -0.138. The largest absolute Gasteiger partial charge is 0.497 e. The summed E-state index contributed by atoms with van der Waals surface area (Å²) in [4.78, 5) is 15.4. The Morgan fingerprint density at radius 3 is 2.90 bits per heavy atom. The van der Waals surface area contributed by atoms with Crippen LogP contribution in [0.5, 0.6) is 5.75 Å². The van der Waals surface area contributed by atoms with Crippen LogP contribution in [0.3, 0.4) is 0 Å². The maximum atomic E-state index is 11.5. The van der Waals surface area contributed by atoms with Gasteiger partial charge in [0.2, 0.25) is 0 Å². The van der Waals surface area contributed by atoms with Crippen molar-refractivity contribution in [3.05, 3.63) is 58.9 Å². The van der Waals surface area contributed by atoms with Gasteiger partial charge in [0, 0.05) is 12.4 Å². The number of ether oxygens (including phenoxy) is 1. The molecule has 0 amide bonds. The van der Waals surface area contributed by atoms with Crippen LogP contribution in [0, 0.1) is 0 Å². The van der Waals surface area contributed by atoms with E-state index in [4.69, 9.17) is 16.3 Å². The lowest BCUT2D eigenvalue weighted by atomic mass is 9.92. The zero-order chi connectivity index (χ0) is 14.5. The Bertz CT molecular complexity index is 616. The fourth-order valence-electron chi connectivity index (χ4n) is 2.03. The number of hydrogen-bond donors (Lipinski definition) is 1. The molecule has 1 heterocycles. The molecule has 0 aliphatic rings. The second kappa shape index (κ2) is 6.39. The van der Waals surface area contributed by atoms with Gasteiger partial charge >= 0.3 is 5.97 Å². The number of nitrogens with zero attached hydrogens (tertiary/aromatic N) is 1. The summed E-state index contributed by atoms with van der Waals surface area (Å²) in [5, 5.41) is 9.79. The third-order valence-corrected chi connectivity index (χ3v) is 3.37. The summed E-state index contributed by atoms with van der Waals surface area (Å²) >= 11 is 6.04. The lowest BCUT2D eigenvalue weighted by Crippen LogP contribution is -2.15. The summed E-state index contributed by atoms with van der Waals surface area (Å²) in [6.45, 7) is 0. The molecule has 0 radical (unpaired) electrons. The molecule has 2 aromatic rings. The van der Waals surface area contributed by atoms with Crippen molar-refractivity contribution in [3.8, 4) is 5.75 Å². The Balaban J connectivity index is 2.31. The van der Waals surface area contributed by atoms with Crippen molar-refractivity contribution in [2.75, 3.05) is 7.11 Å². The number of carbonyl (C=O) groups is 1. The summed E-state index contributed by atoms with van der Waals surface area (Å²) in [5.74, 6) is -0.925. The SMILES string of the molecule is COc1cccc(CC(C(=O)O)c2ccncc2Cl)c1. The lowest BCUT2D eigenvalue weighted by Gasteiger charge is -2.14. The number of aliphatic carboxylic acids is 1. The normalized spacial score (nSPS) is 11.9. The summed E-state index contributed by atoms with van der Waals surface area (Å²) in [7, 11) is 1.58. The Labute approximate surface area is 122 Å². The van der Waals surface area contributed by atoms with Crippen LogP contribution in [-0.2, 0) is 11.2 Å². The van der Waals surface area contributed by atoms with E-state index in [0.717, 1.165) is 5.56 Å². The predicted octanol–water partition coefficient (Wildman–Crippen LogP) is 3.15. The Morgan fingerprint density at radius 1 is 1.45 bits per heavy atom. The Kier molecular flexibility index (Phi) is 4.58. The fraction of sp³-hybridized carbons (Fsp3) is 0.200. The average molecular weight is 292 g/mol. The van der Waals surface area contributed by atoms with Gasteiger partial charge in [0.15, 0.2) is 0 Å². The summed E-state index contributed by atoms with van der Waals surface area (Å²) in [6, 6.07) is 8.99. The minimum absolute atomic E-state index is 0.344. The van der Waals surface area contributed by atoms with Gasteiger partial charge in [-0.15, -0.1) is 0 Å². The molecular weight excluding hydrogens is 278 g/mol. The van der Waals surface area contributed by atoms with Crippen LogP contribution in [0.25, 0.3) is 0 Å². The standard InChI is InChI=1S/C15H14ClNO3/c1-20-11-4-2-3-10(7-11)8-13(15(18)19)12-5-6-17-9-14(12)16/h2-7,9,13H,8H2,1H3,(H,18,19). The van der Waals surface area contributed by atoms with Crippen molar-refractivity contribution in [3.63, 3.8) is 0 Å². The number of halogens is 1. The van der Waals surface area contributed by atoms with Crippen LogP contribution < -0.4 is 4.74 Å². The second-order valence-electron chi connectivity index (χ2n) is 4.34. The molecule has 0 aliphatic heterocycles. The van der Waals surface area contributed by atoms with E-state index >= 15 is 0 Å². The van der Waals surface area contributed by atoms with Crippen LogP contribution in [0.15, 0.2) is 42.7 Å². The second-order valence-corrected chi connectivity index (χ2v) is 4.75. The summed E-state index contributed by atoms with van der Waals surface area (Å²) < 4.78 is 5.14. The van der Waals surface area contributed by atoms with E-state index in [1.807, 2.05) is 24.3 Å². The van der Waals surface area contributed by atoms with Gasteiger partial charge in [0.05, 0.1) is 18.1 Å². The highest BCUT2D eigenvalue weighted by Gasteiger charge is 2.22. The third-order valence-electron chi connectivity index (χ3n) is 3.05. The molecule has 5 heteroatoms. The van der Waals surface area contributed by atoms with Gasteiger partial charge in [-0.2, -0.15) is 0 Å². The van der Waals surface area contributed by atoms with Crippen molar-refractivity contribution >= 4 is 17.6 Å². The van der Waals surface area contributed by atoms with Crippen molar-refractivity contribution in [1.82, 2.24) is 4.98 Å². The molecule has 0 spiro atoms. The zero-order valence-corrected chi connectivity index (χ0v) is 11.7. The minimum Gasteiger partial charge on any atom is -0.497 e. The molecule has 4 nitrogen and oxygen atoms in total. The third kappa shape index (κ3) is 3.27. The number of hydrogen-bond acceptors (Lipinski definition) is 3. The van der Waals surface area contributed by atoms with E-state index in [0.29, 0.717) is 22.8 Å². The Morgan fingerprint density at radius 2 is 2.25 bits per heavy atom. The first-order valence-electron chi connectivity index (χ1n) is 6.07. The first-order valence-corrected chi connectivity index (χ1v) is 6.44. The van der Waals surface area contributed by atoms with Crippen molar-refractivity contribution in [2.24, 2.45) is 0 Å². The van der Waals surface area contributed by atoms with E-state index in [1.165, 1.54) is 6.20 Å². The quantitative estimate of drug-likeness (QED) is 0.919. The van der Waals surface area contributed by atoms with E-state index in [9.17, 15) is 9.90 Å². The average Bonchev–Trinajstić information content (AvgIpc) is 2.45. The van der Waals surface area contributed by atoms with Crippen molar-refractivity contribution in [1.29, 1.82) is 0 Å². The van der Waals surface area contributed by atoms with Crippen LogP contribution in [0.2, 0.25) is 5.02 Å². The number of benzene rings is 1. The molecule has 0 bridgehead atoms. The monoisotopic (exact) mass is 291 g/mol. The van der Waals surface area contributed by atoms with E-state index in [-0.39, 0.29) is 0 Å². The molecule has 1 N–H and O–H groups in total. The predicted molar refractivity (Wildman–Crippen MR) is 76.3 cm³/mol. The zero-order valence-electron chi connectivity index (χ0n) is 10.9. The molecule has 20 heavy (non-hydrogen) atoms. The first-order chi connectivity index (χ1) is 9.61. The number of carboxylic acids is 1. The molecule has 0 saturated heterocycles. The Hall–Kier alpha value is -2.07. The molecular formula is C15H14ClNO3. The van der Waals surface area contributed by atoms with Crippen LogP contribution in [0.1, 0.15) is 17.0 Å². The summed E-state index contributed by atoms with van der Waals surface area (Å²) in [5.41, 5.74) is 1.45. The van der Waals surface area contributed by atoms with Gasteiger partial charge in [-0.1, -0.05) is 23.7 Å². The van der Waals surface area contributed by atoms with Crippen LogP contribution in [0.4, 0.5) is 0 Å².